The summed E-state index contributed by atoms with van der Waals surface area (Å²) < 4.78 is 1.62. The van der Waals surface area contributed by atoms with Gasteiger partial charge < -0.3 is 16.0 Å². The van der Waals surface area contributed by atoms with Gasteiger partial charge >= 0.3 is 12.1 Å². The first-order valence-corrected chi connectivity index (χ1v) is 10.3. The number of hydrogen-bond acceptors (Lipinski definition) is 6. The van der Waals surface area contributed by atoms with Crippen LogP contribution in [0.5, 0.6) is 0 Å². The van der Waals surface area contributed by atoms with E-state index in [1.165, 1.54) is 0 Å². The van der Waals surface area contributed by atoms with Crippen molar-refractivity contribution in [2.75, 3.05) is 38.2 Å². The molecule has 3 N–H and O–H groups in total. The Morgan fingerprint density at radius 1 is 1.33 bits per heavy atom. The van der Waals surface area contributed by atoms with E-state index in [1.807, 2.05) is 18.2 Å². The predicted molar refractivity (Wildman–Crippen MR) is 101 cm³/mol. The van der Waals surface area contributed by atoms with Gasteiger partial charge in [-0.25, -0.2) is 24.1 Å². The molecular weight excluding hydrogens is 370 g/mol. The first-order valence-electron chi connectivity index (χ1n) is 8.86. The normalized spacial score (nSPS) is 18.5. The molecule has 2 aliphatic rings. The summed E-state index contributed by atoms with van der Waals surface area (Å²) in [5, 5.41) is 6.22. The Hall–Kier alpha value is -2.27. The van der Waals surface area contributed by atoms with E-state index in [-0.39, 0.29) is 11.9 Å². The lowest BCUT2D eigenvalue weighted by Gasteiger charge is -2.39. The highest BCUT2D eigenvalue weighted by atomic mass is 32.2. The Labute approximate surface area is 162 Å². The lowest BCUT2D eigenvalue weighted by Crippen LogP contribution is -2.58. The van der Waals surface area contributed by atoms with E-state index in [2.05, 4.69) is 10.3 Å². The first-order chi connectivity index (χ1) is 12.9. The summed E-state index contributed by atoms with van der Waals surface area (Å²) in [4.78, 5) is 42.5. The Balaban J connectivity index is 1.57. The van der Waals surface area contributed by atoms with Gasteiger partial charge in [0.15, 0.2) is 0 Å². The second-order valence-electron chi connectivity index (χ2n) is 6.59. The molecular formula is C16H25N7O3S. The molecule has 2 aliphatic heterocycles. The van der Waals surface area contributed by atoms with Crippen molar-refractivity contribution in [1.82, 2.24) is 29.8 Å². The summed E-state index contributed by atoms with van der Waals surface area (Å²) in [6.07, 6.45) is 4.21. The van der Waals surface area contributed by atoms with Gasteiger partial charge in [-0.2, -0.15) is 11.8 Å². The monoisotopic (exact) mass is 395 g/mol. The van der Waals surface area contributed by atoms with Crippen molar-refractivity contribution >= 4 is 29.7 Å². The van der Waals surface area contributed by atoms with E-state index < -0.39 is 12.1 Å². The van der Waals surface area contributed by atoms with Crippen LogP contribution < -0.4 is 11.1 Å². The zero-order valence-corrected chi connectivity index (χ0v) is 16.4. The Kier molecular flexibility index (Phi) is 5.90. The van der Waals surface area contributed by atoms with Gasteiger partial charge in [-0.3, -0.25) is 9.80 Å². The van der Waals surface area contributed by atoms with E-state index in [9.17, 15) is 14.4 Å². The standard InChI is InChI=1S/C16H25N7O3S/c1-11-18-9-12-10-22(16(26)23(11)12)21-6-4-20(5-7-21)14(24)13(3-8-27-2)19-15(17)25/h9,13H,3-8,10H2,1-2H3,(H3,17,19,25)/t13-/m1/s1. The largest absolute Gasteiger partial charge is 0.352 e. The Morgan fingerprint density at radius 2 is 2.04 bits per heavy atom. The van der Waals surface area contributed by atoms with Crippen molar-refractivity contribution in [3.63, 3.8) is 0 Å². The number of amides is 4. The predicted octanol–water partition coefficient (Wildman–Crippen LogP) is -0.176. The van der Waals surface area contributed by atoms with Gasteiger partial charge in [-0.05, 0) is 25.4 Å². The number of fused-ring (bicyclic) bond motifs is 1. The third-order valence-electron chi connectivity index (χ3n) is 4.87. The Bertz CT molecular complexity index is 730. The molecule has 1 aromatic rings. The number of nitrogens with two attached hydrogens (primary N) is 1. The molecule has 3 heterocycles. The van der Waals surface area contributed by atoms with Crippen molar-refractivity contribution < 1.29 is 14.4 Å². The fraction of sp³-hybridized carbons (Fsp3) is 0.625. The number of imidazole rings is 1. The van der Waals surface area contributed by atoms with Crippen LogP contribution in [-0.4, -0.2) is 86.7 Å². The van der Waals surface area contributed by atoms with Gasteiger partial charge in [0, 0.05) is 26.2 Å². The number of hydrazine groups is 1. The number of nitrogens with one attached hydrogen (secondary N) is 1. The second kappa shape index (κ2) is 8.17. The molecule has 0 unspecified atom stereocenters. The van der Waals surface area contributed by atoms with E-state index in [0.717, 1.165) is 11.4 Å². The topological polar surface area (TPSA) is 117 Å². The summed E-state index contributed by atoms with van der Waals surface area (Å²) >= 11 is 1.61. The number of urea groups is 1. The van der Waals surface area contributed by atoms with Crippen LogP contribution >= 0.6 is 11.8 Å². The summed E-state index contributed by atoms with van der Waals surface area (Å²) in [5.74, 6) is 1.31. The number of hydrogen-bond donors (Lipinski definition) is 2. The van der Waals surface area contributed by atoms with Gasteiger partial charge in [0.25, 0.3) is 0 Å². The molecule has 0 aliphatic carbocycles. The lowest BCUT2D eigenvalue weighted by atomic mass is 10.2. The number of rotatable bonds is 6. The summed E-state index contributed by atoms with van der Waals surface area (Å²) in [6, 6.07) is -1.40. The summed E-state index contributed by atoms with van der Waals surface area (Å²) in [7, 11) is 0. The van der Waals surface area contributed by atoms with E-state index in [1.54, 1.807) is 32.4 Å². The molecule has 0 bridgehead atoms. The smallest absolute Gasteiger partial charge is 0.344 e. The van der Waals surface area contributed by atoms with E-state index in [4.69, 9.17) is 5.73 Å². The van der Waals surface area contributed by atoms with Crippen molar-refractivity contribution in [3.05, 3.63) is 17.7 Å². The number of aryl methyl sites for hydroxylation is 1. The molecule has 0 spiro atoms. The molecule has 0 radical (unpaired) electrons. The zero-order chi connectivity index (χ0) is 19.6. The van der Waals surface area contributed by atoms with Crippen LogP contribution in [-0.2, 0) is 11.3 Å². The summed E-state index contributed by atoms with van der Waals surface area (Å²) in [5.41, 5.74) is 6.08. The molecule has 10 nitrogen and oxygen atoms in total. The van der Waals surface area contributed by atoms with Gasteiger partial charge in [-0.1, -0.05) is 0 Å². The van der Waals surface area contributed by atoms with Crippen LogP contribution in [0.3, 0.4) is 0 Å². The minimum atomic E-state index is -0.693. The molecule has 0 aromatic carbocycles. The van der Waals surface area contributed by atoms with Crippen LogP contribution in [0, 0.1) is 6.92 Å². The number of carbonyl (C=O) groups is 3. The molecule has 1 saturated heterocycles. The SMILES string of the molecule is CSCC[C@@H](NC(N)=O)C(=O)N1CCN(N2Cc3cnc(C)n3C2=O)CC1. The third kappa shape index (κ3) is 4.03. The first kappa shape index (κ1) is 19.5. The number of primary amides is 1. The minimum Gasteiger partial charge on any atom is -0.352 e. The maximum atomic E-state index is 12.7. The van der Waals surface area contributed by atoms with Crippen molar-refractivity contribution in [2.24, 2.45) is 5.73 Å². The number of aromatic nitrogens is 2. The third-order valence-corrected chi connectivity index (χ3v) is 5.51. The number of carbonyl (C=O) groups excluding carboxylic acids is 3. The molecule has 11 heteroatoms. The second-order valence-corrected chi connectivity index (χ2v) is 7.58. The maximum Gasteiger partial charge on any atom is 0.344 e. The van der Waals surface area contributed by atoms with Crippen LogP contribution in [0.2, 0.25) is 0 Å². The van der Waals surface area contributed by atoms with E-state index in [0.29, 0.717) is 45.0 Å². The lowest BCUT2D eigenvalue weighted by molar-refractivity contribution is -0.137. The van der Waals surface area contributed by atoms with Crippen LogP contribution in [0.1, 0.15) is 17.9 Å². The van der Waals surface area contributed by atoms with Crippen LogP contribution in [0.4, 0.5) is 9.59 Å². The highest BCUT2D eigenvalue weighted by Crippen LogP contribution is 2.21. The molecule has 1 atom stereocenters. The average Bonchev–Trinajstić information content (AvgIpc) is 3.18. The van der Waals surface area contributed by atoms with Gasteiger partial charge in [0.05, 0.1) is 18.4 Å². The highest BCUT2D eigenvalue weighted by molar-refractivity contribution is 7.98. The van der Waals surface area contributed by atoms with Gasteiger partial charge in [-0.15, -0.1) is 0 Å². The number of thioether (sulfide) groups is 1. The highest BCUT2D eigenvalue weighted by Gasteiger charge is 2.36. The van der Waals surface area contributed by atoms with Gasteiger partial charge in [0.2, 0.25) is 5.91 Å². The minimum absolute atomic E-state index is 0.104. The van der Waals surface area contributed by atoms with Gasteiger partial charge in [0.1, 0.15) is 11.9 Å². The molecule has 1 aromatic heterocycles. The maximum absolute atomic E-state index is 12.7. The van der Waals surface area contributed by atoms with Crippen molar-refractivity contribution in [1.29, 1.82) is 0 Å². The quantitative estimate of drug-likeness (QED) is 0.690. The summed E-state index contributed by atoms with van der Waals surface area (Å²) in [6.45, 7) is 4.40. The average molecular weight is 395 g/mol. The molecule has 1 fully saturated rings. The fourth-order valence-corrected chi connectivity index (χ4v) is 3.94. The van der Waals surface area contributed by atoms with E-state index >= 15 is 0 Å². The fourth-order valence-electron chi connectivity index (χ4n) is 3.46. The number of nitrogens with zero attached hydrogens (tertiary/aromatic N) is 5. The molecule has 27 heavy (non-hydrogen) atoms. The molecule has 3 rings (SSSR count). The Morgan fingerprint density at radius 3 is 2.63 bits per heavy atom. The molecule has 0 saturated carbocycles. The van der Waals surface area contributed by atoms with Crippen LogP contribution in [0.15, 0.2) is 6.20 Å². The van der Waals surface area contributed by atoms with Crippen molar-refractivity contribution in [2.45, 2.75) is 25.9 Å². The van der Waals surface area contributed by atoms with Crippen molar-refractivity contribution in [3.8, 4) is 0 Å². The number of piperazine rings is 1. The molecule has 148 valence electrons. The zero-order valence-electron chi connectivity index (χ0n) is 15.6. The molecule has 4 amide bonds. The van der Waals surface area contributed by atoms with Crippen LogP contribution in [0.25, 0.3) is 0 Å².